The number of benzene rings is 1. The number of likely N-dealkylation sites (tertiary alicyclic amines) is 1. The molecule has 23 heavy (non-hydrogen) atoms. The quantitative estimate of drug-likeness (QED) is 0.943. The number of nitrogens with zero attached hydrogens (tertiary/aromatic N) is 4. The van der Waals surface area contributed by atoms with Crippen LogP contribution in [0.2, 0.25) is 0 Å². The van der Waals surface area contributed by atoms with Gasteiger partial charge in [-0.2, -0.15) is 5.10 Å². The Morgan fingerprint density at radius 1 is 1.30 bits per heavy atom. The van der Waals surface area contributed by atoms with Gasteiger partial charge in [0.05, 0.1) is 17.3 Å². The molecule has 6 nitrogen and oxygen atoms in total. The second-order valence-electron chi connectivity index (χ2n) is 6.13. The second-order valence-corrected chi connectivity index (χ2v) is 6.13. The van der Waals surface area contributed by atoms with Gasteiger partial charge in [-0.15, -0.1) is 0 Å². The number of aromatic nitrogens is 3. The van der Waals surface area contributed by atoms with Gasteiger partial charge in [0.15, 0.2) is 0 Å². The first-order valence-corrected chi connectivity index (χ1v) is 8.04. The molecular formula is C17H22N4O2. The second kappa shape index (κ2) is 6.50. The van der Waals surface area contributed by atoms with Crippen LogP contribution in [0.25, 0.3) is 5.69 Å². The number of rotatable bonds is 3. The zero-order chi connectivity index (χ0) is 16.4. The van der Waals surface area contributed by atoms with E-state index in [9.17, 15) is 9.90 Å². The van der Waals surface area contributed by atoms with Gasteiger partial charge >= 0.3 is 5.97 Å². The lowest BCUT2D eigenvalue weighted by atomic mass is 10.1. The predicted octanol–water partition coefficient (Wildman–Crippen LogP) is 2.82. The first-order chi connectivity index (χ1) is 11.1. The molecule has 122 valence electrons. The molecule has 0 unspecified atom stereocenters. The number of hydrogen-bond donors (Lipinski definition) is 1. The Morgan fingerprint density at radius 2 is 2.13 bits per heavy atom. The van der Waals surface area contributed by atoms with Gasteiger partial charge in [-0.05, 0) is 51.6 Å². The van der Waals surface area contributed by atoms with Crippen molar-refractivity contribution in [2.75, 3.05) is 13.6 Å². The largest absolute Gasteiger partial charge is 0.478 e. The van der Waals surface area contributed by atoms with Gasteiger partial charge in [0.25, 0.3) is 0 Å². The number of carboxylic acid groups (broad SMARTS) is 1. The summed E-state index contributed by atoms with van der Waals surface area (Å²) in [6.45, 7) is 2.92. The average Bonchev–Trinajstić information content (AvgIpc) is 2.79. The van der Waals surface area contributed by atoms with Crippen LogP contribution < -0.4 is 0 Å². The van der Waals surface area contributed by atoms with E-state index in [4.69, 9.17) is 0 Å². The Bertz CT molecular complexity index is 710. The number of aromatic carboxylic acids is 1. The molecule has 1 aliphatic heterocycles. The van der Waals surface area contributed by atoms with Crippen molar-refractivity contribution in [2.45, 2.75) is 38.6 Å². The smallest absolute Gasteiger partial charge is 0.335 e. The minimum absolute atomic E-state index is 0.215. The van der Waals surface area contributed by atoms with Crippen LogP contribution in [0.15, 0.2) is 24.3 Å². The van der Waals surface area contributed by atoms with E-state index in [1.54, 1.807) is 22.9 Å². The van der Waals surface area contributed by atoms with Crippen molar-refractivity contribution >= 4 is 5.97 Å². The molecule has 0 spiro atoms. The maximum atomic E-state index is 11.2. The highest BCUT2D eigenvalue weighted by molar-refractivity contribution is 5.88. The van der Waals surface area contributed by atoms with Crippen LogP contribution in [0.5, 0.6) is 0 Å². The van der Waals surface area contributed by atoms with Crippen LogP contribution in [0.4, 0.5) is 0 Å². The van der Waals surface area contributed by atoms with E-state index in [1.807, 2.05) is 13.0 Å². The van der Waals surface area contributed by atoms with Crippen LogP contribution in [0.3, 0.4) is 0 Å². The number of aryl methyl sites for hydroxylation is 1. The Kier molecular flexibility index (Phi) is 4.43. The normalized spacial score (nSPS) is 19.5. The summed E-state index contributed by atoms with van der Waals surface area (Å²) in [7, 11) is 2.12. The summed E-state index contributed by atoms with van der Waals surface area (Å²) in [5, 5.41) is 13.7. The van der Waals surface area contributed by atoms with Crippen molar-refractivity contribution in [1.29, 1.82) is 0 Å². The molecule has 1 saturated heterocycles. The highest BCUT2D eigenvalue weighted by Gasteiger charge is 2.25. The van der Waals surface area contributed by atoms with Gasteiger partial charge < -0.3 is 5.11 Å². The predicted molar refractivity (Wildman–Crippen MR) is 86.9 cm³/mol. The molecule has 1 N–H and O–H groups in total. The standard InChI is InChI=1S/C17H22N4O2/c1-12-18-16(15-9-4-3-5-10-20(15)2)21(19-12)14-8-6-7-13(11-14)17(22)23/h6-8,11,15H,3-5,9-10H2,1-2H3,(H,22,23)/t15-/m1/s1. The van der Waals surface area contributed by atoms with Crippen LogP contribution >= 0.6 is 0 Å². The number of carboxylic acids is 1. The third-order valence-electron chi connectivity index (χ3n) is 4.39. The van der Waals surface area contributed by atoms with Gasteiger partial charge in [-0.1, -0.05) is 18.9 Å². The van der Waals surface area contributed by atoms with E-state index in [2.05, 4.69) is 22.0 Å². The van der Waals surface area contributed by atoms with Crippen LogP contribution in [-0.4, -0.2) is 44.3 Å². The van der Waals surface area contributed by atoms with Crippen molar-refractivity contribution in [1.82, 2.24) is 19.7 Å². The fourth-order valence-corrected chi connectivity index (χ4v) is 3.19. The third-order valence-corrected chi connectivity index (χ3v) is 4.39. The highest BCUT2D eigenvalue weighted by Crippen LogP contribution is 2.29. The molecule has 1 aliphatic rings. The summed E-state index contributed by atoms with van der Waals surface area (Å²) in [5.41, 5.74) is 1.01. The Balaban J connectivity index is 2.03. The Labute approximate surface area is 135 Å². The summed E-state index contributed by atoms with van der Waals surface area (Å²) in [6, 6.07) is 7.08. The topological polar surface area (TPSA) is 71.2 Å². The zero-order valence-corrected chi connectivity index (χ0v) is 13.6. The molecule has 0 aliphatic carbocycles. The van der Waals surface area contributed by atoms with Crippen LogP contribution in [0.1, 0.15) is 53.7 Å². The molecule has 0 saturated carbocycles. The van der Waals surface area contributed by atoms with E-state index in [0.29, 0.717) is 5.82 Å². The van der Waals surface area contributed by atoms with Gasteiger partial charge in [-0.25, -0.2) is 14.5 Å². The Morgan fingerprint density at radius 3 is 2.91 bits per heavy atom. The van der Waals surface area contributed by atoms with Gasteiger partial charge in [-0.3, -0.25) is 4.90 Å². The van der Waals surface area contributed by atoms with E-state index >= 15 is 0 Å². The van der Waals surface area contributed by atoms with Crippen molar-refractivity contribution in [3.05, 3.63) is 41.5 Å². The molecule has 0 bridgehead atoms. The van der Waals surface area contributed by atoms with Crippen molar-refractivity contribution in [2.24, 2.45) is 0 Å². The third kappa shape index (κ3) is 3.27. The van der Waals surface area contributed by atoms with E-state index < -0.39 is 5.97 Å². The average molecular weight is 314 g/mol. The van der Waals surface area contributed by atoms with Crippen LogP contribution in [-0.2, 0) is 0 Å². The SMILES string of the molecule is Cc1nc([C@H]2CCCCCN2C)n(-c2cccc(C(=O)O)c2)n1. The molecule has 6 heteroatoms. The lowest BCUT2D eigenvalue weighted by Crippen LogP contribution is -2.26. The summed E-state index contributed by atoms with van der Waals surface area (Å²) in [6.07, 6.45) is 4.67. The van der Waals surface area contributed by atoms with Gasteiger partial charge in [0.1, 0.15) is 11.6 Å². The molecule has 2 heterocycles. The lowest BCUT2D eigenvalue weighted by Gasteiger charge is -2.25. The monoisotopic (exact) mass is 314 g/mol. The van der Waals surface area contributed by atoms with E-state index in [0.717, 1.165) is 24.5 Å². The Hall–Kier alpha value is -2.21. The molecule has 1 aromatic carbocycles. The zero-order valence-electron chi connectivity index (χ0n) is 13.6. The maximum Gasteiger partial charge on any atom is 0.335 e. The van der Waals surface area contributed by atoms with Crippen LogP contribution in [0, 0.1) is 6.92 Å². The van der Waals surface area contributed by atoms with Crippen molar-refractivity contribution < 1.29 is 9.90 Å². The maximum absolute atomic E-state index is 11.2. The number of hydrogen-bond acceptors (Lipinski definition) is 4. The summed E-state index contributed by atoms with van der Waals surface area (Å²) in [5.74, 6) is 0.671. The fraction of sp³-hybridized carbons (Fsp3) is 0.471. The summed E-state index contributed by atoms with van der Waals surface area (Å²) in [4.78, 5) is 18.2. The van der Waals surface area contributed by atoms with Gasteiger partial charge in [0.2, 0.25) is 0 Å². The molecular weight excluding hydrogens is 292 g/mol. The minimum Gasteiger partial charge on any atom is -0.478 e. The molecule has 2 aromatic rings. The molecule has 0 amide bonds. The molecule has 1 fully saturated rings. The fourth-order valence-electron chi connectivity index (χ4n) is 3.19. The molecule has 0 radical (unpaired) electrons. The van der Waals surface area contributed by atoms with Gasteiger partial charge in [0, 0.05) is 0 Å². The summed E-state index contributed by atoms with van der Waals surface area (Å²) < 4.78 is 1.80. The van der Waals surface area contributed by atoms with Crippen molar-refractivity contribution in [3.8, 4) is 5.69 Å². The first kappa shape index (κ1) is 15.7. The highest BCUT2D eigenvalue weighted by atomic mass is 16.4. The van der Waals surface area contributed by atoms with E-state index in [-0.39, 0.29) is 11.6 Å². The summed E-state index contributed by atoms with van der Waals surface area (Å²) >= 11 is 0. The molecule has 1 atom stereocenters. The lowest BCUT2D eigenvalue weighted by molar-refractivity contribution is 0.0697. The minimum atomic E-state index is -0.933. The molecule has 1 aromatic heterocycles. The molecule has 3 rings (SSSR count). The van der Waals surface area contributed by atoms with E-state index in [1.165, 1.54) is 19.3 Å². The van der Waals surface area contributed by atoms with Crippen molar-refractivity contribution in [3.63, 3.8) is 0 Å². The number of carbonyl (C=O) groups is 1. The first-order valence-electron chi connectivity index (χ1n) is 8.04.